The molecule has 3 aromatic heterocycles. The van der Waals surface area contributed by atoms with Crippen LogP contribution in [0, 0.1) is 0 Å². The molecule has 1 aliphatic rings. The molecule has 4 rings (SSSR count). The zero-order chi connectivity index (χ0) is 17.4. The van der Waals surface area contributed by atoms with Gasteiger partial charge in [-0.05, 0) is 37.1 Å². The van der Waals surface area contributed by atoms with Gasteiger partial charge in [-0.2, -0.15) is 13.2 Å². The van der Waals surface area contributed by atoms with Crippen molar-refractivity contribution in [2.75, 3.05) is 18.0 Å². The molecule has 0 N–H and O–H groups in total. The van der Waals surface area contributed by atoms with Gasteiger partial charge in [0.2, 0.25) is 0 Å². The molecule has 25 heavy (non-hydrogen) atoms. The Morgan fingerprint density at radius 3 is 2.84 bits per heavy atom. The number of anilines is 1. The third-order valence-corrected chi connectivity index (χ3v) is 4.52. The lowest BCUT2D eigenvalue weighted by Gasteiger charge is -2.33. The summed E-state index contributed by atoms with van der Waals surface area (Å²) in [5.74, 6) is 1.29. The maximum atomic E-state index is 12.9. The molecule has 0 aliphatic carbocycles. The molecular weight excluding hydrogens is 331 g/mol. The van der Waals surface area contributed by atoms with Crippen molar-refractivity contribution in [3.05, 3.63) is 54.1 Å². The highest BCUT2D eigenvalue weighted by molar-refractivity contribution is 5.43. The number of rotatable bonds is 2. The summed E-state index contributed by atoms with van der Waals surface area (Å²) in [5, 5.41) is 8.46. The Bertz CT molecular complexity index is 889. The fourth-order valence-electron chi connectivity index (χ4n) is 3.30. The molecule has 0 saturated carbocycles. The van der Waals surface area contributed by atoms with Crippen LogP contribution in [0.1, 0.15) is 30.1 Å². The van der Waals surface area contributed by atoms with Crippen molar-refractivity contribution < 1.29 is 13.2 Å². The number of hydrogen-bond donors (Lipinski definition) is 0. The largest absolute Gasteiger partial charge is 0.416 e. The van der Waals surface area contributed by atoms with Gasteiger partial charge in [-0.15, -0.1) is 10.2 Å². The number of alkyl halides is 3. The molecule has 3 aromatic rings. The molecule has 4 heterocycles. The van der Waals surface area contributed by atoms with E-state index in [2.05, 4.69) is 15.2 Å². The second kappa shape index (κ2) is 6.02. The Morgan fingerprint density at radius 1 is 1.12 bits per heavy atom. The van der Waals surface area contributed by atoms with Crippen molar-refractivity contribution >= 4 is 11.5 Å². The van der Waals surface area contributed by atoms with E-state index in [0.717, 1.165) is 36.4 Å². The Hall–Kier alpha value is -2.64. The van der Waals surface area contributed by atoms with Crippen LogP contribution >= 0.6 is 0 Å². The second-order valence-electron chi connectivity index (χ2n) is 6.17. The number of aromatic nitrogens is 4. The van der Waals surface area contributed by atoms with Crippen molar-refractivity contribution in [3.8, 4) is 0 Å². The molecule has 8 heteroatoms. The van der Waals surface area contributed by atoms with Crippen LogP contribution in [0.25, 0.3) is 5.65 Å². The molecule has 1 fully saturated rings. The molecule has 1 saturated heterocycles. The molecule has 1 atom stereocenters. The van der Waals surface area contributed by atoms with Crippen molar-refractivity contribution in [2.24, 2.45) is 0 Å². The highest BCUT2D eigenvalue weighted by atomic mass is 19.4. The predicted molar refractivity (Wildman–Crippen MR) is 86.4 cm³/mol. The van der Waals surface area contributed by atoms with Crippen LogP contribution in [-0.4, -0.2) is 32.7 Å². The lowest BCUT2D eigenvalue weighted by molar-refractivity contribution is -0.137. The van der Waals surface area contributed by atoms with Crippen molar-refractivity contribution in [1.82, 2.24) is 19.6 Å². The van der Waals surface area contributed by atoms with E-state index < -0.39 is 11.7 Å². The Labute approximate surface area is 142 Å². The summed E-state index contributed by atoms with van der Waals surface area (Å²) in [6, 6.07) is 7.80. The van der Waals surface area contributed by atoms with Gasteiger partial charge in [0.15, 0.2) is 5.65 Å². The van der Waals surface area contributed by atoms with Crippen LogP contribution in [0.4, 0.5) is 19.0 Å². The standard InChI is InChI=1S/C17H16F3N5/c18-17(19,20)13-6-7-21-15(10-13)24-8-3-4-12(11-24)16-23-22-14-5-1-2-9-25(14)16/h1-2,5-7,9-10,12H,3-4,8,11H2. The monoisotopic (exact) mass is 347 g/mol. The van der Waals surface area contributed by atoms with Crippen LogP contribution in [0.2, 0.25) is 0 Å². The van der Waals surface area contributed by atoms with Crippen LogP contribution in [0.3, 0.4) is 0 Å². The summed E-state index contributed by atoms with van der Waals surface area (Å²) in [4.78, 5) is 6.03. The van der Waals surface area contributed by atoms with E-state index in [-0.39, 0.29) is 5.92 Å². The van der Waals surface area contributed by atoms with Crippen LogP contribution in [0.15, 0.2) is 42.7 Å². The van der Waals surface area contributed by atoms with Gasteiger partial charge in [0, 0.05) is 31.4 Å². The van der Waals surface area contributed by atoms with Gasteiger partial charge in [-0.3, -0.25) is 4.40 Å². The van der Waals surface area contributed by atoms with Crippen molar-refractivity contribution in [1.29, 1.82) is 0 Å². The molecule has 1 unspecified atom stereocenters. The van der Waals surface area contributed by atoms with Gasteiger partial charge in [0.1, 0.15) is 11.6 Å². The molecular formula is C17H16F3N5. The highest BCUT2D eigenvalue weighted by Gasteiger charge is 2.32. The van der Waals surface area contributed by atoms with Crippen LogP contribution < -0.4 is 4.90 Å². The minimum Gasteiger partial charge on any atom is -0.356 e. The quantitative estimate of drug-likeness (QED) is 0.712. The third-order valence-electron chi connectivity index (χ3n) is 4.52. The number of fused-ring (bicyclic) bond motifs is 1. The van der Waals surface area contributed by atoms with Crippen molar-refractivity contribution in [3.63, 3.8) is 0 Å². The van der Waals surface area contributed by atoms with Gasteiger partial charge in [0.25, 0.3) is 0 Å². The first kappa shape index (κ1) is 15.9. The summed E-state index contributed by atoms with van der Waals surface area (Å²) in [7, 11) is 0. The van der Waals surface area contributed by atoms with E-state index in [1.165, 1.54) is 6.20 Å². The van der Waals surface area contributed by atoms with Crippen molar-refractivity contribution in [2.45, 2.75) is 24.9 Å². The fourth-order valence-corrected chi connectivity index (χ4v) is 3.30. The molecule has 0 amide bonds. The highest BCUT2D eigenvalue weighted by Crippen LogP contribution is 2.33. The summed E-state index contributed by atoms with van der Waals surface area (Å²) < 4.78 is 40.8. The Morgan fingerprint density at radius 2 is 2.00 bits per heavy atom. The number of halogens is 3. The molecule has 5 nitrogen and oxygen atoms in total. The summed E-state index contributed by atoms with van der Waals surface area (Å²) in [5.41, 5.74) is 0.0966. The first-order valence-corrected chi connectivity index (χ1v) is 8.10. The van der Waals surface area contributed by atoms with E-state index in [4.69, 9.17) is 0 Å². The van der Waals surface area contributed by atoms with Crippen LogP contribution in [0.5, 0.6) is 0 Å². The molecule has 130 valence electrons. The second-order valence-corrected chi connectivity index (χ2v) is 6.17. The SMILES string of the molecule is FC(F)(F)c1ccnc(N2CCCC(c3nnc4ccccn34)C2)c1. The van der Waals surface area contributed by atoms with E-state index in [0.29, 0.717) is 18.9 Å². The van der Waals surface area contributed by atoms with Gasteiger partial charge in [-0.1, -0.05) is 6.07 Å². The van der Waals surface area contributed by atoms with Gasteiger partial charge < -0.3 is 4.90 Å². The van der Waals surface area contributed by atoms with Gasteiger partial charge >= 0.3 is 6.18 Å². The molecule has 0 aromatic carbocycles. The first-order chi connectivity index (χ1) is 12.0. The minimum absolute atomic E-state index is 0.0995. The number of pyridine rings is 2. The van der Waals surface area contributed by atoms with Gasteiger partial charge in [0.05, 0.1) is 5.56 Å². The topological polar surface area (TPSA) is 46.3 Å². The fraction of sp³-hybridized carbons (Fsp3) is 0.353. The van der Waals surface area contributed by atoms with E-state index in [1.54, 1.807) is 0 Å². The first-order valence-electron chi connectivity index (χ1n) is 8.10. The Balaban J connectivity index is 1.61. The maximum absolute atomic E-state index is 12.9. The zero-order valence-electron chi connectivity index (χ0n) is 13.3. The third kappa shape index (κ3) is 3.04. The normalized spacial score (nSPS) is 18.7. The van der Waals surface area contributed by atoms with E-state index in [9.17, 15) is 13.2 Å². The minimum atomic E-state index is -4.36. The number of hydrogen-bond acceptors (Lipinski definition) is 4. The van der Waals surface area contributed by atoms with Crippen LogP contribution in [-0.2, 0) is 6.18 Å². The summed E-state index contributed by atoms with van der Waals surface area (Å²) in [6.45, 7) is 1.26. The molecule has 1 aliphatic heterocycles. The summed E-state index contributed by atoms with van der Waals surface area (Å²) >= 11 is 0. The molecule has 0 spiro atoms. The number of piperidine rings is 1. The smallest absolute Gasteiger partial charge is 0.356 e. The Kier molecular flexibility index (Phi) is 3.82. The average molecular weight is 347 g/mol. The van der Waals surface area contributed by atoms with Gasteiger partial charge in [-0.25, -0.2) is 4.98 Å². The zero-order valence-corrected chi connectivity index (χ0v) is 13.3. The maximum Gasteiger partial charge on any atom is 0.416 e. The van der Waals surface area contributed by atoms with E-state index >= 15 is 0 Å². The summed E-state index contributed by atoms with van der Waals surface area (Å²) in [6.07, 6.45) is 0.548. The molecule has 0 bridgehead atoms. The van der Waals surface area contributed by atoms with E-state index in [1.807, 2.05) is 33.7 Å². The molecule has 0 radical (unpaired) electrons. The lowest BCUT2D eigenvalue weighted by atomic mass is 9.97. The predicted octanol–water partition coefficient (Wildman–Crippen LogP) is 3.53. The lowest BCUT2D eigenvalue weighted by Crippen LogP contribution is -2.35. The average Bonchev–Trinajstić information content (AvgIpc) is 3.05. The number of nitrogens with zero attached hydrogens (tertiary/aromatic N) is 5.